The molecule has 0 aliphatic carbocycles. The number of methoxy groups -OCH3 is 1. The van der Waals surface area contributed by atoms with Crippen LogP contribution in [0.15, 0.2) is 65.8 Å². The lowest BCUT2D eigenvalue weighted by Gasteiger charge is -2.13. The molecule has 1 amide bonds. The molecule has 0 aliphatic rings. The van der Waals surface area contributed by atoms with E-state index in [0.29, 0.717) is 0 Å². The Balaban J connectivity index is 1.76. The Bertz CT molecular complexity index is 990. The van der Waals surface area contributed by atoms with Gasteiger partial charge in [0.2, 0.25) is 0 Å². The molecule has 0 radical (unpaired) electrons. The predicted octanol–water partition coefficient (Wildman–Crippen LogP) is 4.24. The van der Waals surface area contributed by atoms with Crippen LogP contribution >= 0.6 is 0 Å². The zero-order valence-electron chi connectivity index (χ0n) is 16.6. The van der Waals surface area contributed by atoms with E-state index in [4.69, 9.17) is 4.74 Å². The van der Waals surface area contributed by atoms with Crippen LogP contribution in [0.1, 0.15) is 34.2 Å². The third-order valence-corrected chi connectivity index (χ3v) is 4.68. The quantitative estimate of drug-likeness (QED) is 0.517. The van der Waals surface area contributed by atoms with Gasteiger partial charge in [0.25, 0.3) is 5.91 Å². The first kappa shape index (κ1) is 19.6. The SMILES string of the molecule is CO[C@@H](C(=O)N/N=C\c1cc(C)n(-c2cccc(C)c2)c1C)c1ccccc1. The van der Waals surface area contributed by atoms with E-state index >= 15 is 0 Å². The van der Waals surface area contributed by atoms with Crippen LogP contribution in [0, 0.1) is 20.8 Å². The fraction of sp³-hybridized carbons (Fsp3) is 0.217. The molecule has 5 nitrogen and oxygen atoms in total. The molecule has 3 rings (SSSR count). The van der Waals surface area contributed by atoms with E-state index in [1.54, 1.807) is 6.21 Å². The van der Waals surface area contributed by atoms with Crippen molar-refractivity contribution in [3.63, 3.8) is 0 Å². The van der Waals surface area contributed by atoms with E-state index in [9.17, 15) is 4.79 Å². The summed E-state index contributed by atoms with van der Waals surface area (Å²) < 4.78 is 7.51. The minimum atomic E-state index is -0.696. The van der Waals surface area contributed by atoms with Gasteiger partial charge in [-0.3, -0.25) is 4.79 Å². The van der Waals surface area contributed by atoms with Crippen molar-refractivity contribution >= 4 is 12.1 Å². The van der Waals surface area contributed by atoms with Crippen LogP contribution in [0.3, 0.4) is 0 Å². The van der Waals surface area contributed by atoms with Crippen LogP contribution in [-0.4, -0.2) is 23.8 Å². The second kappa shape index (κ2) is 8.67. The molecule has 0 saturated heterocycles. The summed E-state index contributed by atoms with van der Waals surface area (Å²) in [6.45, 7) is 6.18. The number of benzene rings is 2. The van der Waals surface area contributed by atoms with Gasteiger partial charge in [-0.05, 0) is 50.1 Å². The molecule has 0 aliphatic heterocycles. The maximum absolute atomic E-state index is 12.4. The number of hydrogen-bond donors (Lipinski definition) is 1. The highest BCUT2D eigenvalue weighted by Gasteiger charge is 2.19. The van der Waals surface area contributed by atoms with Crippen LogP contribution in [0.5, 0.6) is 0 Å². The molecule has 0 unspecified atom stereocenters. The summed E-state index contributed by atoms with van der Waals surface area (Å²) >= 11 is 0. The van der Waals surface area contributed by atoms with Crippen molar-refractivity contribution in [2.75, 3.05) is 7.11 Å². The molecule has 1 heterocycles. The van der Waals surface area contributed by atoms with Crippen LogP contribution in [0.2, 0.25) is 0 Å². The molecule has 3 aromatic rings. The minimum Gasteiger partial charge on any atom is -0.367 e. The monoisotopic (exact) mass is 375 g/mol. The van der Waals surface area contributed by atoms with Crippen molar-refractivity contribution in [3.8, 4) is 5.69 Å². The number of hydrazone groups is 1. The van der Waals surface area contributed by atoms with E-state index in [0.717, 1.165) is 28.2 Å². The summed E-state index contributed by atoms with van der Waals surface area (Å²) in [5, 5.41) is 4.14. The zero-order chi connectivity index (χ0) is 20.1. The summed E-state index contributed by atoms with van der Waals surface area (Å²) in [6, 6.07) is 19.8. The van der Waals surface area contributed by atoms with Gasteiger partial charge in [0.05, 0.1) is 6.21 Å². The molecule has 28 heavy (non-hydrogen) atoms. The average Bonchev–Trinajstić information content (AvgIpc) is 2.96. The second-order valence-corrected chi connectivity index (χ2v) is 6.76. The lowest BCUT2D eigenvalue weighted by atomic mass is 10.1. The van der Waals surface area contributed by atoms with Crippen molar-refractivity contribution in [2.45, 2.75) is 26.9 Å². The third-order valence-electron chi connectivity index (χ3n) is 4.68. The minimum absolute atomic E-state index is 0.308. The topological polar surface area (TPSA) is 55.6 Å². The standard InChI is InChI=1S/C23H25N3O2/c1-16-9-8-12-21(13-16)26-17(2)14-20(18(26)3)15-24-25-23(27)22(28-4)19-10-6-5-7-11-19/h5-15,22H,1-4H3,(H,25,27)/b24-15-/t22-/m1/s1. The van der Waals surface area contributed by atoms with Crippen LogP contribution in [0.4, 0.5) is 0 Å². The Hall–Kier alpha value is -3.18. The zero-order valence-corrected chi connectivity index (χ0v) is 16.6. The third kappa shape index (κ3) is 4.21. The molecular formula is C23H25N3O2. The highest BCUT2D eigenvalue weighted by Crippen LogP contribution is 2.20. The van der Waals surface area contributed by atoms with Gasteiger partial charge in [-0.15, -0.1) is 0 Å². The van der Waals surface area contributed by atoms with E-state index < -0.39 is 6.10 Å². The van der Waals surface area contributed by atoms with E-state index in [1.807, 2.05) is 43.3 Å². The number of aromatic nitrogens is 1. The van der Waals surface area contributed by atoms with Gasteiger partial charge in [0.1, 0.15) is 0 Å². The van der Waals surface area contributed by atoms with Gasteiger partial charge in [0, 0.05) is 29.7 Å². The van der Waals surface area contributed by atoms with Crippen molar-refractivity contribution in [3.05, 3.63) is 88.7 Å². The van der Waals surface area contributed by atoms with E-state index in [1.165, 1.54) is 12.7 Å². The number of amides is 1. The molecule has 0 saturated carbocycles. The van der Waals surface area contributed by atoms with Crippen LogP contribution < -0.4 is 5.43 Å². The number of nitrogens with one attached hydrogen (secondary N) is 1. The lowest BCUT2D eigenvalue weighted by molar-refractivity contribution is -0.131. The summed E-state index contributed by atoms with van der Waals surface area (Å²) in [7, 11) is 1.51. The Morgan fingerprint density at radius 2 is 1.82 bits per heavy atom. The first-order valence-corrected chi connectivity index (χ1v) is 9.18. The largest absolute Gasteiger partial charge is 0.367 e. The normalized spacial score (nSPS) is 12.3. The molecule has 1 atom stereocenters. The molecule has 5 heteroatoms. The highest BCUT2D eigenvalue weighted by molar-refractivity contribution is 5.86. The van der Waals surface area contributed by atoms with Gasteiger partial charge in [-0.2, -0.15) is 5.10 Å². The Labute approximate surface area is 165 Å². The first-order valence-electron chi connectivity index (χ1n) is 9.18. The van der Waals surface area contributed by atoms with Crippen molar-refractivity contribution < 1.29 is 9.53 Å². The van der Waals surface area contributed by atoms with Gasteiger partial charge in [0.15, 0.2) is 6.10 Å². The molecular weight excluding hydrogens is 350 g/mol. The Kier molecular flexibility index (Phi) is 6.06. The van der Waals surface area contributed by atoms with Crippen molar-refractivity contribution in [1.29, 1.82) is 0 Å². The first-order chi connectivity index (χ1) is 13.5. The molecule has 0 bridgehead atoms. The molecule has 2 aromatic carbocycles. The number of rotatable bonds is 6. The van der Waals surface area contributed by atoms with Gasteiger partial charge < -0.3 is 9.30 Å². The van der Waals surface area contributed by atoms with Crippen molar-refractivity contribution in [1.82, 2.24) is 9.99 Å². The maximum Gasteiger partial charge on any atom is 0.273 e. The van der Waals surface area contributed by atoms with Crippen molar-refractivity contribution in [2.24, 2.45) is 5.10 Å². The van der Waals surface area contributed by atoms with Gasteiger partial charge in [-0.25, -0.2) is 5.43 Å². The number of carbonyl (C=O) groups is 1. The molecule has 0 spiro atoms. The highest BCUT2D eigenvalue weighted by atomic mass is 16.5. The van der Waals surface area contributed by atoms with Crippen LogP contribution in [0.25, 0.3) is 5.69 Å². The summed E-state index contributed by atoms with van der Waals surface area (Å²) in [4.78, 5) is 12.4. The average molecular weight is 375 g/mol. The van der Waals surface area contributed by atoms with Crippen LogP contribution in [-0.2, 0) is 9.53 Å². The number of carbonyl (C=O) groups excluding carboxylic acids is 1. The summed E-state index contributed by atoms with van der Waals surface area (Å²) in [5.74, 6) is -0.308. The van der Waals surface area contributed by atoms with Gasteiger partial charge >= 0.3 is 0 Å². The number of hydrogen-bond acceptors (Lipinski definition) is 3. The lowest BCUT2D eigenvalue weighted by Crippen LogP contribution is -2.26. The molecule has 0 fully saturated rings. The second-order valence-electron chi connectivity index (χ2n) is 6.76. The van der Waals surface area contributed by atoms with E-state index in [2.05, 4.69) is 53.2 Å². The summed E-state index contributed by atoms with van der Waals surface area (Å²) in [5.41, 5.74) is 8.81. The Morgan fingerprint density at radius 1 is 1.07 bits per heavy atom. The number of aryl methyl sites for hydroxylation is 2. The van der Waals surface area contributed by atoms with Gasteiger partial charge in [-0.1, -0.05) is 42.5 Å². The smallest absolute Gasteiger partial charge is 0.273 e. The number of nitrogens with zero attached hydrogens (tertiary/aromatic N) is 2. The predicted molar refractivity (Wildman–Crippen MR) is 112 cm³/mol. The fourth-order valence-corrected chi connectivity index (χ4v) is 3.33. The van der Waals surface area contributed by atoms with E-state index in [-0.39, 0.29) is 5.91 Å². The molecule has 144 valence electrons. The fourth-order valence-electron chi connectivity index (χ4n) is 3.33. The Morgan fingerprint density at radius 3 is 2.50 bits per heavy atom. The maximum atomic E-state index is 12.4. The number of ether oxygens (including phenoxy) is 1. The molecule has 1 aromatic heterocycles. The summed E-state index contributed by atoms with van der Waals surface area (Å²) in [6.07, 6.45) is 0.975. The molecule has 1 N–H and O–H groups in total.